The molecular weight excluding hydrogens is 272 g/mol. The molecule has 0 radical (unpaired) electrons. The Morgan fingerprint density at radius 1 is 1.32 bits per heavy atom. The Morgan fingerprint density at radius 3 is 2.32 bits per heavy atom. The number of carbonyl (C=O) groups is 2. The van der Waals surface area contributed by atoms with E-state index in [1.807, 2.05) is 0 Å². The van der Waals surface area contributed by atoms with Gasteiger partial charge in [-0.15, -0.1) is 12.4 Å². The summed E-state index contributed by atoms with van der Waals surface area (Å²) in [5.74, 6) is -1.36. The quantitative estimate of drug-likeness (QED) is 0.621. The molecule has 0 fully saturated rings. The van der Waals surface area contributed by atoms with Crippen molar-refractivity contribution in [2.75, 3.05) is 13.1 Å². The summed E-state index contributed by atoms with van der Waals surface area (Å²) < 4.78 is 5.06. The number of hydrogen-bond acceptors (Lipinski definition) is 4. The minimum atomic E-state index is -0.863. The van der Waals surface area contributed by atoms with Crippen LogP contribution in [0, 0.1) is 5.92 Å². The second kappa shape index (κ2) is 9.86. The lowest BCUT2D eigenvalue weighted by Crippen LogP contribution is -2.33. The van der Waals surface area contributed by atoms with Crippen LogP contribution in [0.25, 0.3) is 0 Å². The van der Waals surface area contributed by atoms with Crippen molar-refractivity contribution in [2.45, 2.75) is 45.6 Å². The molecule has 1 atom stereocenters. The molecule has 0 heterocycles. The van der Waals surface area contributed by atoms with Crippen LogP contribution in [0.15, 0.2) is 0 Å². The number of alkyl carbamates (subject to hydrolysis) is 1. The van der Waals surface area contributed by atoms with Crippen LogP contribution in [0.3, 0.4) is 0 Å². The third-order valence-corrected chi connectivity index (χ3v) is 2.28. The monoisotopic (exact) mass is 296 g/mol. The number of aliphatic carboxylic acids is 1. The number of carboxylic acid groups (broad SMARTS) is 1. The minimum Gasteiger partial charge on any atom is -0.481 e. The highest BCUT2D eigenvalue weighted by molar-refractivity contribution is 5.85. The van der Waals surface area contributed by atoms with E-state index in [2.05, 4.69) is 5.32 Å². The summed E-state index contributed by atoms with van der Waals surface area (Å²) in [6, 6.07) is 0. The summed E-state index contributed by atoms with van der Waals surface area (Å²) in [5.41, 5.74) is 4.83. The van der Waals surface area contributed by atoms with Crippen LogP contribution in [0.2, 0.25) is 0 Å². The van der Waals surface area contributed by atoms with Gasteiger partial charge in [0, 0.05) is 13.1 Å². The maximum absolute atomic E-state index is 11.3. The van der Waals surface area contributed by atoms with Gasteiger partial charge in [0.05, 0.1) is 5.92 Å². The molecule has 0 saturated carbocycles. The summed E-state index contributed by atoms with van der Waals surface area (Å²) in [5, 5.41) is 11.4. The zero-order valence-electron chi connectivity index (χ0n) is 11.8. The van der Waals surface area contributed by atoms with E-state index in [0.29, 0.717) is 25.8 Å². The van der Waals surface area contributed by atoms with E-state index in [4.69, 9.17) is 15.6 Å². The first kappa shape index (κ1) is 20.3. The van der Waals surface area contributed by atoms with E-state index in [1.54, 1.807) is 20.8 Å². The average Bonchev–Trinajstić information content (AvgIpc) is 2.20. The molecule has 4 N–H and O–H groups in total. The molecule has 0 unspecified atom stereocenters. The van der Waals surface area contributed by atoms with Crippen molar-refractivity contribution in [3.8, 4) is 0 Å². The summed E-state index contributed by atoms with van der Waals surface area (Å²) in [7, 11) is 0. The maximum Gasteiger partial charge on any atom is 0.407 e. The Morgan fingerprint density at radius 2 is 1.89 bits per heavy atom. The predicted octanol–water partition coefficient (Wildman–Crippen LogP) is 1.76. The van der Waals surface area contributed by atoms with Crippen LogP contribution in [-0.4, -0.2) is 35.9 Å². The smallest absolute Gasteiger partial charge is 0.407 e. The molecule has 7 heteroatoms. The van der Waals surface area contributed by atoms with Gasteiger partial charge < -0.3 is 20.9 Å². The van der Waals surface area contributed by atoms with Crippen LogP contribution in [0.1, 0.15) is 40.0 Å². The first-order chi connectivity index (χ1) is 8.26. The molecule has 0 aliphatic carbocycles. The third-order valence-electron chi connectivity index (χ3n) is 2.28. The van der Waals surface area contributed by atoms with Crippen molar-refractivity contribution in [1.29, 1.82) is 0 Å². The molecule has 6 nitrogen and oxygen atoms in total. The lowest BCUT2D eigenvalue weighted by Gasteiger charge is -2.19. The molecule has 0 aliphatic heterocycles. The summed E-state index contributed by atoms with van der Waals surface area (Å²) in [6.45, 7) is 6.02. The molecular formula is C12H25ClN2O4. The van der Waals surface area contributed by atoms with Gasteiger partial charge in [0.25, 0.3) is 0 Å². The largest absolute Gasteiger partial charge is 0.481 e. The van der Waals surface area contributed by atoms with Crippen LogP contribution in [0.4, 0.5) is 4.79 Å². The van der Waals surface area contributed by atoms with Crippen molar-refractivity contribution in [3.63, 3.8) is 0 Å². The van der Waals surface area contributed by atoms with E-state index in [9.17, 15) is 9.59 Å². The molecule has 0 saturated heterocycles. The number of amides is 1. The van der Waals surface area contributed by atoms with Gasteiger partial charge in [-0.25, -0.2) is 4.79 Å². The van der Waals surface area contributed by atoms with Gasteiger partial charge in [-0.3, -0.25) is 4.79 Å². The fourth-order valence-corrected chi connectivity index (χ4v) is 1.36. The van der Waals surface area contributed by atoms with E-state index < -0.39 is 23.6 Å². The van der Waals surface area contributed by atoms with Crippen molar-refractivity contribution in [3.05, 3.63) is 0 Å². The lowest BCUT2D eigenvalue weighted by molar-refractivity contribution is -0.141. The van der Waals surface area contributed by atoms with Crippen molar-refractivity contribution < 1.29 is 19.4 Å². The number of hydrogen-bond donors (Lipinski definition) is 3. The zero-order valence-corrected chi connectivity index (χ0v) is 12.6. The van der Waals surface area contributed by atoms with Gasteiger partial charge >= 0.3 is 12.1 Å². The van der Waals surface area contributed by atoms with Crippen molar-refractivity contribution in [1.82, 2.24) is 5.32 Å². The van der Waals surface area contributed by atoms with Crippen molar-refractivity contribution >= 4 is 24.5 Å². The second-order valence-electron chi connectivity index (χ2n) is 5.20. The topological polar surface area (TPSA) is 102 Å². The standard InChI is InChI=1S/C12H24N2O4.ClH/c1-12(2,3)18-11(17)14-7-5-4-6-9(8-13)10(15)16;/h9H,4-8,13H2,1-3H3,(H,14,17)(H,15,16);1H/t9-;/m0./s1. The Hall–Kier alpha value is -1.01. The Bertz CT molecular complexity index is 279. The van der Waals surface area contributed by atoms with E-state index in [-0.39, 0.29) is 19.0 Å². The van der Waals surface area contributed by atoms with Gasteiger partial charge in [-0.2, -0.15) is 0 Å². The highest BCUT2D eigenvalue weighted by Crippen LogP contribution is 2.08. The number of carbonyl (C=O) groups excluding carboxylic acids is 1. The molecule has 0 spiro atoms. The Labute approximate surface area is 120 Å². The average molecular weight is 297 g/mol. The number of nitrogens with two attached hydrogens (primary N) is 1. The van der Waals surface area contributed by atoms with Crippen LogP contribution in [0.5, 0.6) is 0 Å². The molecule has 0 aliphatic rings. The molecule has 0 aromatic heterocycles. The summed E-state index contributed by atoms with van der Waals surface area (Å²) in [4.78, 5) is 22.0. The van der Waals surface area contributed by atoms with E-state index >= 15 is 0 Å². The van der Waals surface area contributed by atoms with Gasteiger partial charge in [-0.1, -0.05) is 6.42 Å². The van der Waals surface area contributed by atoms with Crippen LogP contribution >= 0.6 is 12.4 Å². The van der Waals surface area contributed by atoms with Gasteiger partial charge in [-0.05, 0) is 33.6 Å². The molecule has 114 valence electrons. The van der Waals surface area contributed by atoms with Crippen LogP contribution < -0.4 is 11.1 Å². The summed E-state index contributed by atoms with van der Waals surface area (Å²) in [6.07, 6.45) is 1.51. The van der Waals surface area contributed by atoms with E-state index in [1.165, 1.54) is 0 Å². The second-order valence-corrected chi connectivity index (χ2v) is 5.20. The predicted molar refractivity (Wildman–Crippen MR) is 75.5 cm³/mol. The van der Waals surface area contributed by atoms with Gasteiger partial charge in [0.1, 0.15) is 5.60 Å². The Kier molecular flexibility index (Phi) is 10.5. The number of rotatable bonds is 7. The molecule has 0 aromatic carbocycles. The van der Waals surface area contributed by atoms with Crippen LogP contribution in [-0.2, 0) is 9.53 Å². The first-order valence-electron chi connectivity index (χ1n) is 6.16. The molecule has 19 heavy (non-hydrogen) atoms. The number of unbranched alkanes of at least 4 members (excludes halogenated alkanes) is 1. The molecule has 0 aromatic rings. The molecule has 0 rings (SSSR count). The number of nitrogens with one attached hydrogen (secondary N) is 1. The fourth-order valence-electron chi connectivity index (χ4n) is 1.36. The minimum absolute atomic E-state index is 0. The highest BCUT2D eigenvalue weighted by Gasteiger charge is 2.16. The maximum atomic E-state index is 11.3. The third kappa shape index (κ3) is 11.8. The highest BCUT2D eigenvalue weighted by atomic mass is 35.5. The SMILES string of the molecule is CC(C)(C)OC(=O)NCCCC[C@@H](CN)C(=O)O.Cl. The normalized spacial score (nSPS) is 12.2. The number of carboxylic acids is 1. The summed E-state index contributed by atoms with van der Waals surface area (Å²) >= 11 is 0. The Balaban J connectivity index is 0. The molecule has 1 amide bonds. The first-order valence-corrected chi connectivity index (χ1v) is 6.16. The van der Waals surface area contributed by atoms with Crippen molar-refractivity contribution in [2.24, 2.45) is 11.7 Å². The molecule has 0 bridgehead atoms. The van der Waals surface area contributed by atoms with Gasteiger partial charge in [0.15, 0.2) is 0 Å². The number of halogens is 1. The zero-order chi connectivity index (χ0) is 14.2. The van der Waals surface area contributed by atoms with Gasteiger partial charge in [0.2, 0.25) is 0 Å². The fraction of sp³-hybridized carbons (Fsp3) is 0.833. The van der Waals surface area contributed by atoms with E-state index in [0.717, 1.165) is 0 Å². The lowest BCUT2D eigenvalue weighted by atomic mass is 10.0. The number of ether oxygens (including phenoxy) is 1.